The molecule has 0 aromatic rings. The van der Waals surface area contributed by atoms with E-state index >= 15 is 0 Å². The third-order valence-corrected chi connectivity index (χ3v) is 1.72. The fourth-order valence-electron chi connectivity index (χ4n) is 1.03. The van der Waals surface area contributed by atoms with E-state index in [2.05, 4.69) is 10.8 Å². The molecule has 0 aromatic carbocycles. The summed E-state index contributed by atoms with van der Waals surface area (Å²) >= 11 is 0. The third kappa shape index (κ3) is 5.49. The van der Waals surface area contributed by atoms with Crippen LogP contribution in [-0.4, -0.2) is 33.0 Å². The molecule has 2 aliphatic heterocycles. The average Bonchev–Trinajstić information content (AvgIpc) is 2.24. The van der Waals surface area contributed by atoms with E-state index in [1.54, 1.807) is 0 Å². The molecular weight excluding hydrogens is 156 g/mol. The molecule has 2 saturated heterocycles. The highest BCUT2D eigenvalue weighted by molar-refractivity contribution is 4.45. The van der Waals surface area contributed by atoms with Crippen LogP contribution < -0.4 is 10.8 Å². The van der Waals surface area contributed by atoms with E-state index in [-0.39, 0.29) is 0 Å². The molecule has 4 nitrogen and oxygen atoms in total. The lowest BCUT2D eigenvalue weighted by Gasteiger charge is -2.10. The molecule has 2 heterocycles. The number of ether oxygens (including phenoxy) is 1. The van der Waals surface area contributed by atoms with Crippen molar-refractivity contribution in [2.24, 2.45) is 0 Å². The first-order valence-electron chi connectivity index (χ1n) is 4.63. The number of hydrogen-bond donors (Lipinski definition) is 2. The average molecular weight is 174 g/mol. The molecular formula is C8H18N2O2. The van der Waals surface area contributed by atoms with Crippen molar-refractivity contribution >= 4 is 0 Å². The maximum absolute atomic E-state index is 4.96. The Kier molecular flexibility index (Phi) is 6.19. The van der Waals surface area contributed by atoms with Crippen molar-refractivity contribution in [2.75, 3.05) is 33.0 Å². The Bertz CT molecular complexity index is 58.0. The molecule has 0 radical (unpaired) electrons. The van der Waals surface area contributed by atoms with Crippen molar-refractivity contribution in [1.29, 1.82) is 0 Å². The zero-order valence-corrected chi connectivity index (χ0v) is 7.47. The molecule has 0 spiro atoms. The molecule has 0 saturated carbocycles. The lowest BCUT2D eigenvalue weighted by atomic mass is 10.3. The standard InChI is InChI=1S/2C4H9NO/c1-2-5-4-6-3-1;1-2-4-6-5-3-1/h2*5H,1-4H2. The minimum absolute atomic E-state index is 0.750. The van der Waals surface area contributed by atoms with Crippen LogP contribution >= 0.6 is 0 Å². The highest BCUT2D eigenvalue weighted by Gasteiger charge is 1.94. The van der Waals surface area contributed by atoms with E-state index in [1.807, 2.05) is 0 Å². The molecule has 72 valence electrons. The maximum atomic E-state index is 4.96. The van der Waals surface area contributed by atoms with Crippen LogP contribution in [0.3, 0.4) is 0 Å². The topological polar surface area (TPSA) is 42.5 Å². The Morgan fingerprint density at radius 1 is 0.917 bits per heavy atom. The van der Waals surface area contributed by atoms with Crippen molar-refractivity contribution in [3.8, 4) is 0 Å². The summed E-state index contributed by atoms with van der Waals surface area (Å²) < 4.78 is 4.96. The van der Waals surface area contributed by atoms with Gasteiger partial charge in [0.05, 0.1) is 13.3 Å². The quantitative estimate of drug-likeness (QED) is 0.552. The van der Waals surface area contributed by atoms with Gasteiger partial charge in [-0.05, 0) is 25.8 Å². The van der Waals surface area contributed by atoms with E-state index in [9.17, 15) is 0 Å². The van der Waals surface area contributed by atoms with E-state index in [0.29, 0.717) is 0 Å². The van der Waals surface area contributed by atoms with Crippen molar-refractivity contribution in [3.63, 3.8) is 0 Å². The van der Waals surface area contributed by atoms with Crippen LogP contribution in [0.15, 0.2) is 0 Å². The second-order valence-electron chi connectivity index (χ2n) is 2.86. The smallest absolute Gasteiger partial charge is 0.0965 e. The molecule has 0 atom stereocenters. The Hall–Kier alpha value is -0.160. The van der Waals surface area contributed by atoms with Crippen LogP contribution in [0.25, 0.3) is 0 Å². The summed E-state index contributed by atoms with van der Waals surface area (Å²) in [7, 11) is 0. The molecule has 2 aliphatic rings. The van der Waals surface area contributed by atoms with Crippen LogP contribution in [0.4, 0.5) is 0 Å². The highest BCUT2D eigenvalue weighted by Crippen LogP contribution is 1.91. The van der Waals surface area contributed by atoms with Gasteiger partial charge in [-0.25, -0.2) is 5.48 Å². The first kappa shape index (κ1) is 9.92. The van der Waals surface area contributed by atoms with E-state index in [4.69, 9.17) is 9.57 Å². The molecule has 0 aromatic heterocycles. The summed E-state index contributed by atoms with van der Waals surface area (Å²) in [6.45, 7) is 4.73. The summed E-state index contributed by atoms with van der Waals surface area (Å²) in [4.78, 5) is 4.82. The van der Waals surface area contributed by atoms with Crippen molar-refractivity contribution in [1.82, 2.24) is 10.8 Å². The molecule has 0 unspecified atom stereocenters. The van der Waals surface area contributed by atoms with Gasteiger partial charge in [-0.1, -0.05) is 0 Å². The second-order valence-corrected chi connectivity index (χ2v) is 2.86. The third-order valence-electron chi connectivity index (χ3n) is 1.72. The molecule has 0 amide bonds. The van der Waals surface area contributed by atoms with Crippen LogP contribution in [-0.2, 0) is 9.57 Å². The van der Waals surface area contributed by atoms with Gasteiger partial charge in [-0.15, -0.1) is 0 Å². The van der Waals surface area contributed by atoms with Crippen LogP contribution in [0, 0.1) is 0 Å². The van der Waals surface area contributed by atoms with Crippen LogP contribution in [0.2, 0.25) is 0 Å². The van der Waals surface area contributed by atoms with Gasteiger partial charge in [-0.2, -0.15) is 0 Å². The second kappa shape index (κ2) is 7.49. The summed E-state index contributed by atoms with van der Waals surface area (Å²) in [5, 5.41) is 3.06. The predicted molar refractivity (Wildman–Crippen MR) is 46.6 cm³/mol. The first-order chi connectivity index (χ1) is 6.00. The minimum Gasteiger partial charge on any atom is -0.366 e. The Morgan fingerprint density at radius 3 is 2.08 bits per heavy atom. The molecule has 2 fully saturated rings. The van der Waals surface area contributed by atoms with Crippen LogP contribution in [0.5, 0.6) is 0 Å². The zero-order valence-electron chi connectivity index (χ0n) is 7.47. The highest BCUT2D eigenvalue weighted by atomic mass is 16.6. The molecule has 2 rings (SSSR count). The van der Waals surface area contributed by atoms with E-state index in [1.165, 1.54) is 19.3 Å². The van der Waals surface area contributed by atoms with Gasteiger partial charge in [0.15, 0.2) is 0 Å². The van der Waals surface area contributed by atoms with Crippen molar-refractivity contribution < 1.29 is 9.57 Å². The zero-order chi connectivity index (χ0) is 8.49. The van der Waals surface area contributed by atoms with Crippen molar-refractivity contribution in [2.45, 2.75) is 19.3 Å². The first-order valence-corrected chi connectivity index (χ1v) is 4.63. The summed E-state index contributed by atoms with van der Waals surface area (Å²) in [6, 6.07) is 0. The van der Waals surface area contributed by atoms with E-state index < -0.39 is 0 Å². The number of nitrogens with one attached hydrogen (secondary N) is 2. The van der Waals surface area contributed by atoms with Crippen LogP contribution in [0.1, 0.15) is 19.3 Å². The number of rotatable bonds is 0. The maximum Gasteiger partial charge on any atom is 0.0965 e. The van der Waals surface area contributed by atoms with Gasteiger partial charge in [0.1, 0.15) is 0 Å². The Morgan fingerprint density at radius 2 is 1.92 bits per heavy atom. The summed E-state index contributed by atoms with van der Waals surface area (Å²) in [5.74, 6) is 0. The molecule has 2 N–H and O–H groups in total. The van der Waals surface area contributed by atoms with E-state index in [0.717, 1.165) is 33.0 Å². The number of hydroxylamine groups is 1. The van der Waals surface area contributed by atoms with Gasteiger partial charge in [0.2, 0.25) is 0 Å². The Balaban J connectivity index is 0.000000120. The molecule has 0 bridgehead atoms. The lowest BCUT2D eigenvalue weighted by molar-refractivity contribution is 0.0128. The van der Waals surface area contributed by atoms with Crippen molar-refractivity contribution in [3.05, 3.63) is 0 Å². The number of hydrogen-bond acceptors (Lipinski definition) is 4. The summed E-state index contributed by atoms with van der Waals surface area (Å²) in [6.07, 6.45) is 3.65. The Labute approximate surface area is 73.6 Å². The van der Waals surface area contributed by atoms with Gasteiger partial charge < -0.3 is 9.57 Å². The van der Waals surface area contributed by atoms with Gasteiger partial charge in [0, 0.05) is 13.2 Å². The predicted octanol–water partition coefficient (Wildman–Crippen LogP) is 0.255. The molecule has 12 heavy (non-hydrogen) atoms. The fraction of sp³-hybridized carbons (Fsp3) is 1.00. The fourth-order valence-corrected chi connectivity index (χ4v) is 1.03. The summed E-state index contributed by atoms with van der Waals surface area (Å²) in [5.41, 5.74) is 2.78. The molecule has 4 heteroatoms. The minimum atomic E-state index is 0.750. The molecule has 0 aliphatic carbocycles. The van der Waals surface area contributed by atoms with Gasteiger partial charge >= 0.3 is 0 Å². The normalized spacial score (nSPS) is 24.0. The largest absolute Gasteiger partial charge is 0.366 e. The SMILES string of the molecule is C1CCONC1.C1CNCOC1. The lowest BCUT2D eigenvalue weighted by Crippen LogP contribution is -2.26. The van der Waals surface area contributed by atoms with Gasteiger partial charge in [0.25, 0.3) is 0 Å². The van der Waals surface area contributed by atoms with Gasteiger partial charge in [-0.3, -0.25) is 5.32 Å². The monoisotopic (exact) mass is 174 g/mol.